The fraction of sp³-hybridized carbons (Fsp3) is 0.500. The average molecular weight is 214 g/mol. The number of amides is 1. The number of hydrogen-bond acceptors (Lipinski definition) is 2. The van der Waals surface area contributed by atoms with Gasteiger partial charge in [-0.2, -0.15) is 0 Å². The summed E-state index contributed by atoms with van der Waals surface area (Å²) in [6.45, 7) is 0.603. The van der Waals surface area contributed by atoms with Gasteiger partial charge in [0.25, 0.3) is 5.91 Å². The van der Waals surface area contributed by atoms with Crippen molar-refractivity contribution in [2.45, 2.75) is 18.9 Å². The Hall–Kier alpha value is -0.960. The fourth-order valence-corrected chi connectivity index (χ4v) is 1.65. The van der Waals surface area contributed by atoms with Crippen molar-refractivity contribution < 1.29 is 9.21 Å². The summed E-state index contributed by atoms with van der Waals surface area (Å²) in [4.78, 5) is 13.6. The fourth-order valence-electron chi connectivity index (χ4n) is 1.47. The zero-order valence-electron chi connectivity index (χ0n) is 7.78. The van der Waals surface area contributed by atoms with E-state index >= 15 is 0 Å². The number of carbonyl (C=O) groups is 1. The predicted octanol–water partition coefficient (Wildman–Crippen LogP) is 2.12. The van der Waals surface area contributed by atoms with Crippen molar-refractivity contribution in [1.29, 1.82) is 0 Å². The van der Waals surface area contributed by atoms with Gasteiger partial charge >= 0.3 is 0 Å². The van der Waals surface area contributed by atoms with Crippen molar-refractivity contribution in [3.63, 3.8) is 0 Å². The highest BCUT2D eigenvalue weighted by molar-refractivity contribution is 6.18. The first-order valence-electron chi connectivity index (χ1n) is 4.73. The van der Waals surface area contributed by atoms with E-state index in [4.69, 9.17) is 16.0 Å². The first kappa shape index (κ1) is 9.59. The van der Waals surface area contributed by atoms with Gasteiger partial charge in [0.1, 0.15) is 0 Å². The van der Waals surface area contributed by atoms with Crippen LogP contribution in [0.25, 0.3) is 0 Å². The lowest BCUT2D eigenvalue weighted by molar-refractivity contribution is 0.0721. The summed E-state index contributed by atoms with van der Waals surface area (Å²) in [7, 11) is 0. The largest absolute Gasteiger partial charge is 0.459 e. The zero-order chi connectivity index (χ0) is 9.97. The highest BCUT2D eigenvalue weighted by Gasteiger charge is 2.33. The van der Waals surface area contributed by atoms with Crippen LogP contribution >= 0.6 is 11.6 Å². The van der Waals surface area contributed by atoms with Gasteiger partial charge in [-0.05, 0) is 25.0 Å². The molecule has 76 valence electrons. The van der Waals surface area contributed by atoms with E-state index in [0.29, 0.717) is 24.2 Å². The zero-order valence-corrected chi connectivity index (χ0v) is 8.54. The summed E-state index contributed by atoms with van der Waals surface area (Å²) < 4.78 is 5.07. The Bertz CT molecular complexity index is 306. The third-order valence-electron chi connectivity index (χ3n) is 2.31. The minimum Gasteiger partial charge on any atom is -0.459 e. The van der Waals surface area contributed by atoms with Crippen LogP contribution in [-0.2, 0) is 0 Å². The third-order valence-corrected chi connectivity index (χ3v) is 2.47. The Balaban J connectivity index is 2.07. The highest BCUT2D eigenvalue weighted by atomic mass is 35.5. The van der Waals surface area contributed by atoms with E-state index in [0.717, 1.165) is 12.8 Å². The maximum absolute atomic E-state index is 11.9. The summed E-state index contributed by atoms with van der Waals surface area (Å²) in [5.74, 6) is 0.836. The smallest absolute Gasteiger partial charge is 0.289 e. The topological polar surface area (TPSA) is 33.5 Å². The number of nitrogens with zero attached hydrogens (tertiary/aromatic N) is 1. The van der Waals surface area contributed by atoms with E-state index in [1.54, 1.807) is 17.0 Å². The monoisotopic (exact) mass is 213 g/mol. The lowest BCUT2D eigenvalue weighted by atomic mass is 10.3. The molecule has 1 saturated carbocycles. The lowest BCUT2D eigenvalue weighted by Crippen LogP contribution is -2.34. The number of furan rings is 1. The Morgan fingerprint density at radius 1 is 1.64 bits per heavy atom. The van der Waals surface area contributed by atoms with E-state index in [1.807, 2.05) is 0 Å². The van der Waals surface area contributed by atoms with Gasteiger partial charge in [0.15, 0.2) is 5.76 Å². The van der Waals surface area contributed by atoms with Gasteiger partial charge in [-0.3, -0.25) is 4.79 Å². The number of rotatable bonds is 4. The molecule has 0 aromatic carbocycles. The maximum atomic E-state index is 11.9. The summed E-state index contributed by atoms with van der Waals surface area (Å²) in [6.07, 6.45) is 3.69. The first-order valence-corrected chi connectivity index (χ1v) is 5.27. The minimum absolute atomic E-state index is 0.0434. The van der Waals surface area contributed by atoms with Crippen LogP contribution in [0, 0.1) is 0 Å². The minimum atomic E-state index is -0.0434. The number of halogens is 1. The predicted molar refractivity (Wildman–Crippen MR) is 53.5 cm³/mol. The van der Waals surface area contributed by atoms with Gasteiger partial charge < -0.3 is 9.32 Å². The molecule has 0 saturated heterocycles. The second-order valence-corrected chi connectivity index (χ2v) is 3.77. The molecule has 0 radical (unpaired) electrons. The van der Waals surface area contributed by atoms with Crippen LogP contribution in [0.5, 0.6) is 0 Å². The highest BCUT2D eigenvalue weighted by Crippen LogP contribution is 2.28. The number of alkyl halides is 1. The second kappa shape index (κ2) is 4.05. The summed E-state index contributed by atoms with van der Waals surface area (Å²) >= 11 is 5.65. The molecule has 2 rings (SSSR count). The Morgan fingerprint density at radius 3 is 2.93 bits per heavy atom. The molecule has 1 aromatic heterocycles. The molecule has 0 N–H and O–H groups in total. The van der Waals surface area contributed by atoms with Gasteiger partial charge in [0, 0.05) is 18.5 Å². The first-order chi connectivity index (χ1) is 6.83. The van der Waals surface area contributed by atoms with Crippen LogP contribution in [0.4, 0.5) is 0 Å². The Kier molecular flexibility index (Phi) is 2.77. The van der Waals surface area contributed by atoms with Crippen molar-refractivity contribution in [2.75, 3.05) is 12.4 Å². The average Bonchev–Trinajstić information content (AvgIpc) is 2.88. The van der Waals surface area contributed by atoms with Crippen molar-refractivity contribution in [2.24, 2.45) is 0 Å². The van der Waals surface area contributed by atoms with Crippen LogP contribution in [0.1, 0.15) is 23.4 Å². The molecule has 0 bridgehead atoms. The number of carbonyl (C=O) groups excluding carboxylic acids is 1. The Labute approximate surface area is 87.6 Å². The molecule has 1 fully saturated rings. The quantitative estimate of drug-likeness (QED) is 0.718. The summed E-state index contributed by atoms with van der Waals surface area (Å²) in [5, 5.41) is 0. The van der Waals surface area contributed by atoms with Crippen molar-refractivity contribution in [3.05, 3.63) is 24.2 Å². The van der Waals surface area contributed by atoms with Gasteiger partial charge in [0.05, 0.1) is 6.26 Å². The Morgan fingerprint density at radius 2 is 2.43 bits per heavy atom. The SMILES string of the molecule is O=C(c1ccco1)N(CCCl)C1CC1. The van der Waals surface area contributed by atoms with Crippen LogP contribution in [0.15, 0.2) is 22.8 Å². The second-order valence-electron chi connectivity index (χ2n) is 3.40. The van der Waals surface area contributed by atoms with Gasteiger partial charge in [-0.1, -0.05) is 0 Å². The van der Waals surface area contributed by atoms with Crippen LogP contribution in [0.3, 0.4) is 0 Å². The van der Waals surface area contributed by atoms with Crippen molar-refractivity contribution >= 4 is 17.5 Å². The molecule has 1 aliphatic rings. The normalized spacial score (nSPS) is 15.5. The van der Waals surface area contributed by atoms with Crippen molar-refractivity contribution in [1.82, 2.24) is 4.90 Å². The van der Waals surface area contributed by atoms with Crippen LogP contribution in [-0.4, -0.2) is 29.3 Å². The molecule has 0 spiro atoms. The molecule has 1 aliphatic carbocycles. The van der Waals surface area contributed by atoms with Gasteiger partial charge in [-0.15, -0.1) is 11.6 Å². The molecule has 0 aliphatic heterocycles. The molecule has 0 atom stereocenters. The van der Waals surface area contributed by atoms with E-state index in [1.165, 1.54) is 6.26 Å². The standard InChI is InChI=1S/C10H12ClNO2/c11-5-6-12(8-3-4-8)10(13)9-2-1-7-14-9/h1-2,7-8H,3-6H2. The molecule has 1 heterocycles. The van der Waals surface area contributed by atoms with E-state index < -0.39 is 0 Å². The van der Waals surface area contributed by atoms with Gasteiger partial charge in [-0.25, -0.2) is 0 Å². The number of hydrogen-bond donors (Lipinski definition) is 0. The van der Waals surface area contributed by atoms with E-state index in [2.05, 4.69) is 0 Å². The molecular weight excluding hydrogens is 202 g/mol. The summed E-state index contributed by atoms with van der Waals surface area (Å²) in [6, 6.07) is 3.79. The molecular formula is C10H12ClNO2. The van der Waals surface area contributed by atoms with Crippen molar-refractivity contribution in [3.8, 4) is 0 Å². The molecule has 1 aromatic rings. The molecule has 1 amide bonds. The van der Waals surface area contributed by atoms with Crippen LogP contribution in [0.2, 0.25) is 0 Å². The van der Waals surface area contributed by atoms with Gasteiger partial charge in [0.2, 0.25) is 0 Å². The molecule has 14 heavy (non-hydrogen) atoms. The maximum Gasteiger partial charge on any atom is 0.289 e. The van der Waals surface area contributed by atoms with Crippen LogP contribution < -0.4 is 0 Å². The van der Waals surface area contributed by atoms with E-state index in [9.17, 15) is 4.79 Å². The summed E-state index contributed by atoms with van der Waals surface area (Å²) in [5.41, 5.74) is 0. The molecule has 4 heteroatoms. The van der Waals surface area contributed by atoms with E-state index in [-0.39, 0.29) is 5.91 Å². The lowest BCUT2D eigenvalue weighted by Gasteiger charge is -2.19. The molecule has 0 unspecified atom stereocenters. The molecule has 3 nitrogen and oxygen atoms in total. The third kappa shape index (κ3) is 1.93.